The number of halogens is 1. The number of amides is 1. The molecule has 1 saturated heterocycles. The van der Waals surface area contributed by atoms with E-state index in [2.05, 4.69) is 5.32 Å². The Morgan fingerprint density at radius 1 is 1.53 bits per heavy atom. The third kappa shape index (κ3) is 3.75. The third-order valence-electron chi connectivity index (χ3n) is 3.52. The molecule has 5 heteroatoms. The molecule has 0 spiro atoms. The summed E-state index contributed by atoms with van der Waals surface area (Å²) in [5.74, 6) is -0.430. The van der Waals surface area contributed by atoms with Gasteiger partial charge in [-0.05, 0) is 31.0 Å². The van der Waals surface area contributed by atoms with E-state index in [0.29, 0.717) is 6.54 Å². The van der Waals surface area contributed by atoms with Crippen molar-refractivity contribution in [3.05, 3.63) is 30.1 Å². The Labute approximate surface area is 112 Å². The summed E-state index contributed by atoms with van der Waals surface area (Å²) in [6.07, 6.45) is 0.476. The number of nitrogens with zero attached hydrogens (tertiary/aromatic N) is 1. The SMILES string of the molecule is CC1CCN(CC(=O)Nc2ccccc2F)CC1O. The van der Waals surface area contributed by atoms with Crippen LogP contribution in [0.2, 0.25) is 0 Å². The number of likely N-dealkylation sites (tertiary alicyclic amines) is 1. The molecule has 1 aliphatic heterocycles. The molecule has 0 aromatic heterocycles. The highest BCUT2D eigenvalue weighted by Gasteiger charge is 2.25. The Hall–Kier alpha value is -1.46. The van der Waals surface area contributed by atoms with Gasteiger partial charge in [0, 0.05) is 6.54 Å². The lowest BCUT2D eigenvalue weighted by molar-refractivity contribution is -0.118. The van der Waals surface area contributed by atoms with Gasteiger partial charge in [-0.1, -0.05) is 19.1 Å². The lowest BCUT2D eigenvalue weighted by atomic mass is 9.96. The van der Waals surface area contributed by atoms with Crippen LogP contribution in [0, 0.1) is 11.7 Å². The summed E-state index contributed by atoms with van der Waals surface area (Å²) in [4.78, 5) is 13.7. The van der Waals surface area contributed by atoms with Gasteiger partial charge in [-0.3, -0.25) is 9.69 Å². The van der Waals surface area contributed by atoms with Gasteiger partial charge in [0.1, 0.15) is 5.82 Å². The maximum atomic E-state index is 13.4. The predicted molar refractivity (Wildman–Crippen MR) is 71.3 cm³/mol. The maximum Gasteiger partial charge on any atom is 0.238 e. The van der Waals surface area contributed by atoms with Crippen molar-refractivity contribution in [2.75, 3.05) is 25.0 Å². The van der Waals surface area contributed by atoms with Crippen LogP contribution in [0.25, 0.3) is 0 Å². The molecule has 0 radical (unpaired) electrons. The van der Waals surface area contributed by atoms with Crippen LogP contribution >= 0.6 is 0 Å². The smallest absolute Gasteiger partial charge is 0.238 e. The van der Waals surface area contributed by atoms with Crippen molar-refractivity contribution in [1.82, 2.24) is 4.90 Å². The first kappa shape index (κ1) is 14.0. The normalized spacial score (nSPS) is 24.2. The van der Waals surface area contributed by atoms with Gasteiger partial charge in [-0.25, -0.2) is 4.39 Å². The van der Waals surface area contributed by atoms with Crippen LogP contribution in [-0.2, 0) is 4.79 Å². The van der Waals surface area contributed by atoms with Crippen LogP contribution in [0.4, 0.5) is 10.1 Å². The van der Waals surface area contributed by atoms with Gasteiger partial charge < -0.3 is 10.4 Å². The van der Waals surface area contributed by atoms with E-state index in [0.717, 1.165) is 13.0 Å². The van der Waals surface area contributed by atoms with Gasteiger partial charge in [0.2, 0.25) is 5.91 Å². The van der Waals surface area contributed by atoms with Crippen molar-refractivity contribution in [2.45, 2.75) is 19.4 Å². The first-order valence-electron chi connectivity index (χ1n) is 6.51. The molecule has 2 unspecified atom stereocenters. The summed E-state index contributed by atoms with van der Waals surface area (Å²) in [6.45, 7) is 3.45. The highest BCUT2D eigenvalue weighted by Crippen LogP contribution is 2.17. The van der Waals surface area contributed by atoms with Crippen molar-refractivity contribution >= 4 is 11.6 Å². The minimum Gasteiger partial charge on any atom is -0.392 e. The second-order valence-corrected chi connectivity index (χ2v) is 5.10. The average Bonchev–Trinajstić information content (AvgIpc) is 2.37. The average molecular weight is 266 g/mol. The molecule has 1 aromatic carbocycles. The molecule has 2 atom stereocenters. The summed E-state index contributed by atoms with van der Waals surface area (Å²) in [5, 5.41) is 12.3. The quantitative estimate of drug-likeness (QED) is 0.871. The fourth-order valence-corrected chi connectivity index (χ4v) is 2.21. The number of para-hydroxylation sites is 1. The zero-order valence-corrected chi connectivity index (χ0v) is 11.0. The number of aliphatic hydroxyl groups excluding tert-OH is 1. The molecule has 1 heterocycles. The molecule has 2 rings (SSSR count). The summed E-state index contributed by atoms with van der Waals surface area (Å²) in [5.41, 5.74) is 0.193. The monoisotopic (exact) mass is 266 g/mol. The fourth-order valence-electron chi connectivity index (χ4n) is 2.21. The van der Waals surface area contributed by atoms with Crippen molar-refractivity contribution in [3.63, 3.8) is 0 Å². The predicted octanol–water partition coefficient (Wildman–Crippen LogP) is 1.47. The summed E-state index contributed by atoms with van der Waals surface area (Å²) in [6, 6.07) is 6.08. The number of benzene rings is 1. The van der Waals surface area contributed by atoms with E-state index in [1.54, 1.807) is 12.1 Å². The van der Waals surface area contributed by atoms with Gasteiger partial charge in [0.05, 0.1) is 18.3 Å². The molecular weight excluding hydrogens is 247 g/mol. The minimum absolute atomic E-state index is 0.179. The molecule has 2 N–H and O–H groups in total. The topological polar surface area (TPSA) is 52.6 Å². The summed E-state index contributed by atoms with van der Waals surface area (Å²) >= 11 is 0. The van der Waals surface area contributed by atoms with E-state index < -0.39 is 11.9 Å². The maximum absolute atomic E-state index is 13.4. The molecule has 1 aliphatic rings. The Kier molecular flexibility index (Phi) is 4.50. The highest BCUT2D eigenvalue weighted by molar-refractivity contribution is 5.92. The number of hydrogen-bond donors (Lipinski definition) is 2. The number of anilines is 1. The molecule has 1 fully saturated rings. The molecule has 1 amide bonds. The van der Waals surface area contributed by atoms with Gasteiger partial charge in [0.25, 0.3) is 0 Å². The Morgan fingerprint density at radius 2 is 2.26 bits per heavy atom. The highest BCUT2D eigenvalue weighted by atomic mass is 19.1. The number of carbonyl (C=O) groups is 1. The number of carbonyl (C=O) groups excluding carboxylic acids is 1. The van der Waals surface area contributed by atoms with E-state index >= 15 is 0 Å². The second-order valence-electron chi connectivity index (χ2n) is 5.10. The van der Waals surface area contributed by atoms with E-state index in [9.17, 15) is 14.3 Å². The van der Waals surface area contributed by atoms with E-state index in [1.807, 2.05) is 11.8 Å². The molecule has 19 heavy (non-hydrogen) atoms. The van der Waals surface area contributed by atoms with Crippen LogP contribution in [0.1, 0.15) is 13.3 Å². The molecular formula is C14H19FN2O2. The van der Waals surface area contributed by atoms with Crippen molar-refractivity contribution in [1.29, 1.82) is 0 Å². The first-order valence-corrected chi connectivity index (χ1v) is 6.51. The number of β-amino-alcohol motifs (C(OH)–C–C–N with tert-alkyl or cyclic N) is 1. The molecule has 0 aliphatic carbocycles. The van der Waals surface area contributed by atoms with Crippen LogP contribution in [0.5, 0.6) is 0 Å². The lowest BCUT2D eigenvalue weighted by Crippen LogP contribution is -2.45. The second kappa shape index (κ2) is 6.12. The molecule has 0 bridgehead atoms. The number of hydrogen-bond acceptors (Lipinski definition) is 3. The Morgan fingerprint density at radius 3 is 2.95 bits per heavy atom. The number of aliphatic hydroxyl groups is 1. The van der Waals surface area contributed by atoms with Gasteiger partial charge >= 0.3 is 0 Å². The summed E-state index contributed by atoms with van der Waals surface area (Å²) < 4.78 is 13.4. The van der Waals surface area contributed by atoms with Gasteiger partial charge in [-0.2, -0.15) is 0 Å². The van der Waals surface area contributed by atoms with Crippen LogP contribution < -0.4 is 5.32 Å². The zero-order valence-electron chi connectivity index (χ0n) is 11.0. The van der Waals surface area contributed by atoms with Crippen molar-refractivity contribution in [3.8, 4) is 0 Å². The van der Waals surface area contributed by atoms with Crippen LogP contribution in [-0.4, -0.2) is 41.7 Å². The number of nitrogens with one attached hydrogen (secondary N) is 1. The molecule has 4 nitrogen and oxygen atoms in total. The van der Waals surface area contributed by atoms with Gasteiger partial charge in [0.15, 0.2) is 0 Å². The molecule has 1 aromatic rings. The minimum atomic E-state index is -0.442. The Bertz CT molecular complexity index is 453. The van der Waals surface area contributed by atoms with E-state index in [4.69, 9.17) is 0 Å². The van der Waals surface area contributed by atoms with Crippen LogP contribution in [0.3, 0.4) is 0 Å². The molecule has 104 valence electrons. The van der Waals surface area contributed by atoms with Gasteiger partial charge in [-0.15, -0.1) is 0 Å². The van der Waals surface area contributed by atoms with E-state index in [-0.39, 0.29) is 24.1 Å². The standard InChI is InChI=1S/C14H19FN2O2/c1-10-6-7-17(8-13(10)18)9-14(19)16-12-5-3-2-4-11(12)15/h2-5,10,13,18H,6-9H2,1H3,(H,16,19). The third-order valence-corrected chi connectivity index (χ3v) is 3.52. The van der Waals surface area contributed by atoms with Crippen molar-refractivity contribution in [2.24, 2.45) is 5.92 Å². The zero-order chi connectivity index (χ0) is 13.8. The number of piperidine rings is 1. The van der Waals surface area contributed by atoms with Crippen molar-refractivity contribution < 1.29 is 14.3 Å². The fraction of sp³-hybridized carbons (Fsp3) is 0.500. The lowest BCUT2D eigenvalue weighted by Gasteiger charge is -2.33. The van der Waals surface area contributed by atoms with E-state index in [1.165, 1.54) is 12.1 Å². The Balaban J connectivity index is 1.87. The molecule has 0 saturated carbocycles. The number of rotatable bonds is 3. The van der Waals surface area contributed by atoms with Crippen LogP contribution in [0.15, 0.2) is 24.3 Å². The largest absolute Gasteiger partial charge is 0.392 e. The summed E-state index contributed by atoms with van der Waals surface area (Å²) in [7, 11) is 0. The first-order chi connectivity index (χ1) is 9.06.